The zero-order valence-corrected chi connectivity index (χ0v) is 25.3. The highest BCUT2D eigenvalue weighted by Gasteiger charge is 2.50. The van der Waals surface area contributed by atoms with Crippen molar-refractivity contribution in [1.29, 1.82) is 0 Å². The molecule has 4 heterocycles. The first kappa shape index (κ1) is 39.0. The minimum atomic E-state index is -1.69. The summed E-state index contributed by atoms with van der Waals surface area (Å²) in [6.45, 7) is -4.43. The zero-order valence-electron chi connectivity index (χ0n) is 25.3. The van der Waals surface area contributed by atoms with Gasteiger partial charge >= 0.3 is 0 Å². The summed E-state index contributed by atoms with van der Waals surface area (Å²) in [4.78, 5) is 0. The van der Waals surface area contributed by atoms with E-state index in [0.717, 1.165) is 0 Å². The van der Waals surface area contributed by atoms with Gasteiger partial charge in [-0.3, -0.25) is 0 Å². The van der Waals surface area contributed by atoms with E-state index in [4.69, 9.17) is 33.2 Å². The number of hydrogen-bond donors (Lipinski definition) is 13. The molecule has 4 aliphatic heterocycles. The van der Waals surface area contributed by atoms with Crippen LogP contribution in [0.4, 0.5) is 0 Å². The Kier molecular flexibility index (Phi) is 14.5. The van der Waals surface area contributed by atoms with Gasteiger partial charge in [0.25, 0.3) is 0 Å². The van der Waals surface area contributed by atoms with Crippen molar-refractivity contribution in [2.24, 2.45) is 0 Å². The average Bonchev–Trinajstić information content (AvgIpc) is 3.06. The molecule has 0 amide bonds. The summed E-state index contributed by atoms with van der Waals surface area (Å²) >= 11 is 0. The number of hydrogen-bond acceptors (Lipinski definition) is 20. The van der Waals surface area contributed by atoms with E-state index >= 15 is 0 Å². The van der Waals surface area contributed by atoms with Crippen LogP contribution in [0.3, 0.4) is 0 Å². The number of aliphatic hydroxyl groups excluding tert-OH is 13. The van der Waals surface area contributed by atoms with E-state index < -0.39 is 162 Å². The van der Waals surface area contributed by atoms with Gasteiger partial charge in [-0.15, -0.1) is 0 Å². The van der Waals surface area contributed by atoms with Crippen molar-refractivity contribution >= 4 is 0 Å². The predicted molar refractivity (Wildman–Crippen MR) is 147 cm³/mol. The van der Waals surface area contributed by atoms with Crippen LogP contribution in [0.15, 0.2) is 0 Å². The van der Waals surface area contributed by atoms with Crippen molar-refractivity contribution in [2.45, 2.75) is 116 Å². The number of aliphatic hydroxyl groups is 13. The maximum Gasteiger partial charge on any atom is 0.115 e. The van der Waals surface area contributed by atoms with Crippen LogP contribution in [-0.4, -0.2) is 235 Å². The lowest BCUT2D eigenvalue weighted by Crippen LogP contribution is -2.64. The highest BCUT2D eigenvalue weighted by Crippen LogP contribution is 2.30. The van der Waals surface area contributed by atoms with Crippen molar-refractivity contribution in [3.05, 3.63) is 0 Å². The molecule has 4 saturated heterocycles. The summed E-state index contributed by atoms with van der Waals surface area (Å²) in [5.74, 6) is 0. The van der Waals surface area contributed by atoms with Gasteiger partial charge in [0.05, 0.1) is 52.9 Å². The van der Waals surface area contributed by atoms with E-state index in [9.17, 15) is 66.4 Å². The van der Waals surface area contributed by atoms with Crippen LogP contribution >= 0.6 is 0 Å². The molecule has 0 aromatic rings. The number of ether oxygens (including phenoxy) is 7. The van der Waals surface area contributed by atoms with Crippen LogP contribution in [0, 0.1) is 0 Å². The maximum atomic E-state index is 11.0. The first-order chi connectivity index (χ1) is 22.4. The van der Waals surface area contributed by atoms with E-state index in [1.54, 1.807) is 0 Å². The molecular formula is C27H48O20. The van der Waals surface area contributed by atoms with E-state index in [-0.39, 0.29) is 6.61 Å². The summed E-state index contributed by atoms with van der Waals surface area (Å²) in [7, 11) is 0. The standard InChI is InChI=1S/C27H48O20/c28-1-10-18(34)23(39)19(35)14(45-10)7-44-27-21(37)11(2-29)46-16(22(27)38)8-43-26-13(4-31)47-15(20(36)24(26)40)6-42-25-12(3-30)41-5-9(32)17(25)33/h9-40H,1-8H2/t9?,10?,11?,12?,13?,14-,15-,16-,17+,18-,19?,20?,21-,22?,23-,24+,25-,26-,27-/m0/s1. The van der Waals surface area contributed by atoms with Gasteiger partial charge in [0.15, 0.2) is 0 Å². The van der Waals surface area contributed by atoms with Crippen LogP contribution in [0.1, 0.15) is 0 Å². The summed E-state index contributed by atoms with van der Waals surface area (Å²) in [5, 5.41) is 132. The predicted octanol–water partition coefficient (Wildman–Crippen LogP) is -8.94. The molecule has 4 rings (SSSR count). The second kappa shape index (κ2) is 17.4. The molecule has 47 heavy (non-hydrogen) atoms. The van der Waals surface area contributed by atoms with Gasteiger partial charge in [-0.25, -0.2) is 0 Å². The molecule has 0 radical (unpaired) electrons. The fourth-order valence-electron chi connectivity index (χ4n) is 6.16. The van der Waals surface area contributed by atoms with Crippen LogP contribution in [0.2, 0.25) is 0 Å². The van der Waals surface area contributed by atoms with Gasteiger partial charge in [0.1, 0.15) is 116 Å². The molecule has 0 aliphatic carbocycles. The largest absolute Gasteiger partial charge is 0.394 e. The fraction of sp³-hybridized carbons (Fsp3) is 1.00. The Morgan fingerprint density at radius 3 is 1.30 bits per heavy atom. The summed E-state index contributed by atoms with van der Waals surface area (Å²) in [5.41, 5.74) is 0. The third-order valence-corrected chi connectivity index (χ3v) is 9.04. The average molecular weight is 693 g/mol. The molecule has 0 aromatic carbocycles. The Bertz CT molecular complexity index is 929. The molecule has 0 saturated carbocycles. The third-order valence-electron chi connectivity index (χ3n) is 9.04. The Balaban J connectivity index is 1.36. The van der Waals surface area contributed by atoms with Gasteiger partial charge in [-0.1, -0.05) is 0 Å². The third kappa shape index (κ3) is 8.57. The highest BCUT2D eigenvalue weighted by molar-refractivity contribution is 4.98. The molecule has 4 aliphatic rings. The molecule has 276 valence electrons. The Labute approximate surface area is 268 Å². The quantitative estimate of drug-likeness (QED) is 0.0852. The maximum absolute atomic E-state index is 11.0. The molecule has 4 fully saturated rings. The SMILES string of the molecule is OCC1O[C@@H](CO[C@@H]2C(O)[C@H](CO[C@H]3C(CO)O[C@@H](CO[C@H]4C(CO)OCC(O)[C@H]4O)C(O)[C@H]3O)OC(CO)[C@@H]2O)C(O)[C@@H](O)[C@H]1O. The molecule has 13 N–H and O–H groups in total. The van der Waals surface area contributed by atoms with Crippen LogP contribution < -0.4 is 0 Å². The van der Waals surface area contributed by atoms with Gasteiger partial charge in [-0.05, 0) is 0 Å². The molecule has 0 bridgehead atoms. The van der Waals surface area contributed by atoms with E-state index in [2.05, 4.69) is 0 Å². The molecule has 20 heteroatoms. The van der Waals surface area contributed by atoms with E-state index in [1.165, 1.54) is 0 Å². The second-order valence-electron chi connectivity index (χ2n) is 12.1. The molecule has 0 spiro atoms. The first-order valence-electron chi connectivity index (χ1n) is 15.4. The van der Waals surface area contributed by atoms with E-state index in [1.807, 2.05) is 0 Å². The normalized spacial score (nSPS) is 49.6. The molecule has 19 atom stereocenters. The summed E-state index contributed by atoms with van der Waals surface area (Å²) in [6.07, 6.45) is -27.0. The molecule has 8 unspecified atom stereocenters. The monoisotopic (exact) mass is 692 g/mol. The fourth-order valence-corrected chi connectivity index (χ4v) is 6.16. The van der Waals surface area contributed by atoms with Crippen molar-refractivity contribution in [3.8, 4) is 0 Å². The lowest BCUT2D eigenvalue weighted by atomic mass is 9.93. The van der Waals surface area contributed by atoms with E-state index in [0.29, 0.717) is 0 Å². The van der Waals surface area contributed by atoms with Crippen molar-refractivity contribution < 1.29 is 99.5 Å². The smallest absolute Gasteiger partial charge is 0.115 e. The van der Waals surface area contributed by atoms with Crippen LogP contribution in [-0.2, 0) is 33.2 Å². The number of rotatable bonds is 13. The van der Waals surface area contributed by atoms with Gasteiger partial charge in [0, 0.05) is 0 Å². The lowest BCUT2D eigenvalue weighted by Gasteiger charge is -2.46. The Hall–Kier alpha value is -0.800. The minimum absolute atomic E-state index is 0.234. The molecule has 20 nitrogen and oxygen atoms in total. The van der Waals surface area contributed by atoms with Gasteiger partial charge < -0.3 is 99.5 Å². The van der Waals surface area contributed by atoms with Gasteiger partial charge in [0.2, 0.25) is 0 Å². The molecule has 0 aromatic heterocycles. The highest BCUT2D eigenvalue weighted by atomic mass is 16.6. The summed E-state index contributed by atoms with van der Waals surface area (Å²) in [6, 6.07) is 0. The minimum Gasteiger partial charge on any atom is -0.394 e. The van der Waals surface area contributed by atoms with Crippen LogP contribution in [0.25, 0.3) is 0 Å². The molecular weight excluding hydrogens is 644 g/mol. The first-order valence-corrected chi connectivity index (χ1v) is 15.4. The van der Waals surface area contributed by atoms with Crippen molar-refractivity contribution in [2.75, 3.05) is 52.9 Å². The van der Waals surface area contributed by atoms with Gasteiger partial charge in [-0.2, -0.15) is 0 Å². The topological polar surface area (TPSA) is 328 Å². The van der Waals surface area contributed by atoms with Crippen LogP contribution in [0.5, 0.6) is 0 Å². The lowest BCUT2D eigenvalue weighted by molar-refractivity contribution is -0.288. The Morgan fingerprint density at radius 1 is 0.383 bits per heavy atom. The second-order valence-corrected chi connectivity index (χ2v) is 12.1. The Morgan fingerprint density at radius 2 is 0.766 bits per heavy atom. The zero-order chi connectivity index (χ0) is 34.6. The van der Waals surface area contributed by atoms with Crippen molar-refractivity contribution in [1.82, 2.24) is 0 Å². The summed E-state index contributed by atoms with van der Waals surface area (Å²) < 4.78 is 38.8. The van der Waals surface area contributed by atoms with Crippen molar-refractivity contribution in [3.63, 3.8) is 0 Å².